The van der Waals surface area contributed by atoms with Crippen molar-refractivity contribution in [3.63, 3.8) is 0 Å². The lowest BCUT2D eigenvalue weighted by molar-refractivity contribution is 0.245. The van der Waals surface area contributed by atoms with E-state index in [1.165, 1.54) is 0 Å². The van der Waals surface area contributed by atoms with E-state index >= 15 is 0 Å². The van der Waals surface area contributed by atoms with Gasteiger partial charge in [-0.3, -0.25) is 0 Å². The Morgan fingerprint density at radius 3 is 2.36 bits per heavy atom. The third-order valence-electron chi connectivity index (χ3n) is 1.94. The lowest BCUT2D eigenvalue weighted by Crippen LogP contribution is -2.44. The molecule has 0 atom stereocenters. The summed E-state index contributed by atoms with van der Waals surface area (Å²) in [6, 6.07) is 0. The van der Waals surface area contributed by atoms with Crippen molar-refractivity contribution in [3.8, 4) is 0 Å². The Labute approximate surface area is 86.8 Å². The first-order chi connectivity index (χ1) is 6.33. The van der Waals surface area contributed by atoms with Crippen LogP contribution in [0.15, 0.2) is 0 Å². The van der Waals surface area contributed by atoms with Crippen molar-refractivity contribution in [2.75, 3.05) is 12.4 Å². The van der Waals surface area contributed by atoms with E-state index in [0.29, 0.717) is 12.8 Å². The number of hydrogen-bond acceptors (Lipinski definition) is 3. The average molecular weight is 223 g/mol. The van der Waals surface area contributed by atoms with Gasteiger partial charge in [-0.15, -0.1) is 0 Å². The van der Waals surface area contributed by atoms with Gasteiger partial charge in [-0.1, -0.05) is 13.3 Å². The van der Waals surface area contributed by atoms with Crippen LogP contribution >= 0.6 is 0 Å². The van der Waals surface area contributed by atoms with Crippen LogP contribution in [0, 0.1) is 0 Å². The minimum Gasteiger partial charge on any atom is -0.396 e. The fourth-order valence-electron chi connectivity index (χ4n) is 1.14. The highest BCUT2D eigenvalue weighted by Crippen LogP contribution is 2.10. The Bertz CT molecular complexity index is 247. The van der Waals surface area contributed by atoms with E-state index < -0.39 is 15.6 Å². The van der Waals surface area contributed by atoms with Gasteiger partial charge in [0.1, 0.15) is 0 Å². The molecule has 0 aromatic carbocycles. The molecule has 0 saturated carbocycles. The Kier molecular flexibility index (Phi) is 5.63. The number of aliphatic hydroxyl groups is 1. The predicted octanol–water partition coefficient (Wildman–Crippen LogP) is 0.867. The first-order valence-corrected chi connectivity index (χ1v) is 6.61. The van der Waals surface area contributed by atoms with Crippen LogP contribution in [0.4, 0.5) is 0 Å². The molecule has 0 aliphatic carbocycles. The summed E-state index contributed by atoms with van der Waals surface area (Å²) in [5.41, 5.74) is -0.554. The number of unbranched alkanes of at least 4 members (excludes halogenated alkanes) is 1. The molecule has 0 aromatic heterocycles. The molecule has 0 aliphatic rings. The minimum absolute atomic E-state index is 0.0106. The van der Waals surface area contributed by atoms with Gasteiger partial charge in [0.2, 0.25) is 10.0 Å². The monoisotopic (exact) mass is 223 g/mol. The molecular formula is C9H21NO3S. The van der Waals surface area contributed by atoms with Crippen LogP contribution in [0.25, 0.3) is 0 Å². The topological polar surface area (TPSA) is 66.4 Å². The Hall–Kier alpha value is -0.130. The lowest BCUT2D eigenvalue weighted by Gasteiger charge is -2.24. The van der Waals surface area contributed by atoms with E-state index in [4.69, 9.17) is 5.11 Å². The van der Waals surface area contributed by atoms with Gasteiger partial charge >= 0.3 is 0 Å². The quantitative estimate of drug-likeness (QED) is 0.673. The molecular weight excluding hydrogens is 202 g/mol. The summed E-state index contributed by atoms with van der Waals surface area (Å²) >= 11 is 0. The molecule has 0 amide bonds. The Balaban J connectivity index is 4.20. The largest absolute Gasteiger partial charge is 0.396 e. The number of nitrogens with one attached hydrogen (secondary N) is 1. The standard InChI is InChI=1S/C9H21NO3S/c1-4-5-8-14(12,13)10-9(2,3)6-7-11/h10-11H,4-8H2,1-3H3. The maximum Gasteiger partial charge on any atom is 0.212 e. The zero-order chi connectivity index (χ0) is 11.2. The van der Waals surface area contributed by atoms with Crippen LogP contribution in [-0.4, -0.2) is 31.4 Å². The van der Waals surface area contributed by atoms with E-state index in [0.717, 1.165) is 6.42 Å². The van der Waals surface area contributed by atoms with E-state index in [2.05, 4.69) is 4.72 Å². The van der Waals surface area contributed by atoms with Crippen LogP contribution in [0.1, 0.15) is 40.0 Å². The van der Waals surface area contributed by atoms with Crippen LogP contribution in [0.5, 0.6) is 0 Å². The van der Waals surface area contributed by atoms with Crippen LogP contribution in [0.2, 0.25) is 0 Å². The number of sulfonamides is 1. The third-order valence-corrected chi connectivity index (χ3v) is 3.62. The van der Waals surface area contributed by atoms with Crippen molar-refractivity contribution in [2.24, 2.45) is 0 Å². The summed E-state index contributed by atoms with van der Waals surface area (Å²) in [5.74, 6) is 0.165. The second-order valence-electron chi connectivity index (χ2n) is 4.13. The number of hydrogen-bond donors (Lipinski definition) is 2. The molecule has 86 valence electrons. The molecule has 0 bridgehead atoms. The van der Waals surface area contributed by atoms with Gasteiger partial charge in [0.25, 0.3) is 0 Å². The zero-order valence-corrected chi connectivity index (χ0v) is 10.0. The summed E-state index contributed by atoms with van der Waals surface area (Å²) in [7, 11) is -3.18. The van der Waals surface area contributed by atoms with Crippen LogP contribution in [0.3, 0.4) is 0 Å². The van der Waals surface area contributed by atoms with Crippen molar-refractivity contribution >= 4 is 10.0 Å². The molecule has 5 heteroatoms. The highest BCUT2D eigenvalue weighted by atomic mass is 32.2. The van der Waals surface area contributed by atoms with Gasteiger partial charge in [0.15, 0.2) is 0 Å². The minimum atomic E-state index is -3.18. The second-order valence-corrected chi connectivity index (χ2v) is 5.97. The first kappa shape index (κ1) is 13.9. The normalized spacial score (nSPS) is 13.1. The molecule has 0 spiro atoms. The third kappa shape index (κ3) is 6.34. The summed E-state index contributed by atoms with van der Waals surface area (Å²) in [5, 5.41) is 8.74. The Morgan fingerprint density at radius 1 is 1.36 bits per heavy atom. The fraction of sp³-hybridized carbons (Fsp3) is 1.00. The summed E-state index contributed by atoms with van der Waals surface area (Å²) < 4.78 is 25.6. The highest BCUT2D eigenvalue weighted by Gasteiger charge is 2.23. The van der Waals surface area contributed by atoms with E-state index in [9.17, 15) is 8.42 Å². The highest BCUT2D eigenvalue weighted by molar-refractivity contribution is 7.89. The molecule has 4 nitrogen and oxygen atoms in total. The van der Waals surface area contributed by atoms with Crippen molar-refractivity contribution < 1.29 is 13.5 Å². The molecule has 0 radical (unpaired) electrons. The second kappa shape index (κ2) is 5.68. The maximum atomic E-state index is 11.5. The molecule has 0 aromatic rings. The Morgan fingerprint density at radius 2 is 1.93 bits per heavy atom. The van der Waals surface area contributed by atoms with Crippen LogP contribution in [-0.2, 0) is 10.0 Å². The van der Waals surface area contributed by atoms with Crippen LogP contribution < -0.4 is 4.72 Å². The van der Waals surface area contributed by atoms with Gasteiger partial charge in [-0.05, 0) is 26.7 Å². The van der Waals surface area contributed by atoms with Gasteiger partial charge in [-0.2, -0.15) is 0 Å². The summed E-state index contributed by atoms with van der Waals surface area (Å²) in [6.07, 6.45) is 1.96. The molecule has 0 heterocycles. The first-order valence-electron chi connectivity index (χ1n) is 4.95. The summed E-state index contributed by atoms with van der Waals surface area (Å²) in [6.45, 7) is 5.48. The van der Waals surface area contributed by atoms with Crippen molar-refractivity contribution in [1.82, 2.24) is 4.72 Å². The SMILES string of the molecule is CCCCS(=O)(=O)NC(C)(C)CCO. The molecule has 0 unspecified atom stereocenters. The van der Waals surface area contributed by atoms with E-state index in [-0.39, 0.29) is 12.4 Å². The van der Waals surface area contributed by atoms with Gasteiger partial charge in [0, 0.05) is 12.1 Å². The van der Waals surface area contributed by atoms with Gasteiger partial charge in [-0.25, -0.2) is 13.1 Å². The van der Waals surface area contributed by atoms with Crippen molar-refractivity contribution in [2.45, 2.75) is 45.6 Å². The fourth-order valence-corrected chi connectivity index (χ4v) is 2.85. The van der Waals surface area contributed by atoms with Crippen molar-refractivity contribution in [1.29, 1.82) is 0 Å². The lowest BCUT2D eigenvalue weighted by atomic mass is 10.0. The van der Waals surface area contributed by atoms with E-state index in [1.807, 2.05) is 6.92 Å². The molecule has 0 fully saturated rings. The zero-order valence-electron chi connectivity index (χ0n) is 9.21. The number of rotatable bonds is 7. The number of aliphatic hydroxyl groups excluding tert-OH is 1. The molecule has 0 rings (SSSR count). The smallest absolute Gasteiger partial charge is 0.212 e. The molecule has 0 saturated heterocycles. The van der Waals surface area contributed by atoms with Gasteiger partial charge in [0.05, 0.1) is 5.75 Å². The van der Waals surface area contributed by atoms with Gasteiger partial charge < -0.3 is 5.11 Å². The predicted molar refractivity (Wildman–Crippen MR) is 57.6 cm³/mol. The molecule has 14 heavy (non-hydrogen) atoms. The molecule has 2 N–H and O–H groups in total. The average Bonchev–Trinajstić information content (AvgIpc) is 1.98. The maximum absolute atomic E-state index is 11.5. The summed E-state index contributed by atoms with van der Waals surface area (Å²) in [4.78, 5) is 0. The van der Waals surface area contributed by atoms with E-state index in [1.54, 1.807) is 13.8 Å². The van der Waals surface area contributed by atoms with Crippen molar-refractivity contribution in [3.05, 3.63) is 0 Å². The molecule has 0 aliphatic heterocycles.